The molecule has 0 fully saturated rings. The van der Waals surface area contributed by atoms with E-state index in [9.17, 15) is 13.2 Å². The van der Waals surface area contributed by atoms with Crippen molar-refractivity contribution in [2.24, 2.45) is 0 Å². The van der Waals surface area contributed by atoms with Gasteiger partial charge < -0.3 is 10.2 Å². The van der Waals surface area contributed by atoms with E-state index in [1.54, 1.807) is 13.8 Å². The van der Waals surface area contributed by atoms with Gasteiger partial charge in [0.1, 0.15) is 0 Å². The number of nitrogens with one attached hydrogen (secondary N) is 1. The number of nitrogens with zero attached hydrogens (tertiary/aromatic N) is 2. The second-order valence-corrected chi connectivity index (χ2v) is 6.81. The zero-order valence-corrected chi connectivity index (χ0v) is 12.7. The Balaban J connectivity index is 4.10. The summed E-state index contributed by atoms with van der Waals surface area (Å²) in [5.41, 5.74) is 0. The van der Waals surface area contributed by atoms with Gasteiger partial charge in [-0.2, -0.15) is 4.31 Å². The smallest absolute Gasteiger partial charge is 0.221 e. The zero-order valence-electron chi connectivity index (χ0n) is 11.9. The van der Waals surface area contributed by atoms with Crippen LogP contribution >= 0.6 is 0 Å². The third-order valence-corrected chi connectivity index (χ3v) is 3.90. The van der Waals surface area contributed by atoms with E-state index >= 15 is 0 Å². The predicted molar refractivity (Wildman–Crippen MR) is 72.9 cm³/mol. The molecule has 0 aromatic rings. The van der Waals surface area contributed by atoms with E-state index in [1.165, 1.54) is 4.31 Å². The van der Waals surface area contributed by atoms with Gasteiger partial charge in [0.25, 0.3) is 0 Å². The van der Waals surface area contributed by atoms with Gasteiger partial charge >= 0.3 is 0 Å². The topological polar surface area (TPSA) is 69.7 Å². The molecule has 6 nitrogen and oxygen atoms in total. The number of hydrogen-bond acceptors (Lipinski definition) is 4. The Morgan fingerprint density at radius 3 is 2.17 bits per heavy atom. The SMILES string of the molecule is CC(C)N(CCC(=O)NCCN(C)C)S(C)(=O)=O. The first-order valence-corrected chi connectivity index (χ1v) is 7.87. The van der Waals surface area contributed by atoms with E-state index in [-0.39, 0.29) is 24.9 Å². The molecule has 0 rings (SSSR count). The Labute approximate surface area is 110 Å². The summed E-state index contributed by atoms with van der Waals surface area (Å²) in [5.74, 6) is -0.119. The lowest BCUT2D eigenvalue weighted by atomic mass is 10.3. The number of carbonyl (C=O) groups excluding carboxylic acids is 1. The number of rotatable bonds is 8. The van der Waals surface area contributed by atoms with E-state index in [0.717, 1.165) is 12.8 Å². The Kier molecular flexibility index (Phi) is 7.42. The molecular weight excluding hydrogens is 254 g/mol. The predicted octanol–water partition coefficient (Wildman–Crippen LogP) is -0.276. The quantitative estimate of drug-likeness (QED) is 0.664. The molecule has 0 spiro atoms. The molecule has 0 saturated carbocycles. The lowest BCUT2D eigenvalue weighted by Gasteiger charge is -2.23. The monoisotopic (exact) mass is 279 g/mol. The highest BCUT2D eigenvalue weighted by molar-refractivity contribution is 7.88. The van der Waals surface area contributed by atoms with Gasteiger partial charge in [-0.15, -0.1) is 0 Å². The summed E-state index contributed by atoms with van der Waals surface area (Å²) in [6.45, 7) is 5.17. The number of sulfonamides is 1. The summed E-state index contributed by atoms with van der Waals surface area (Å²) in [7, 11) is 0.605. The van der Waals surface area contributed by atoms with Crippen LogP contribution in [0.4, 0.5) is 0 Å². The lowest BCUT2D eigenvalue weighted by molar-refractivity contribution is -0.121. The number of likely N-dealkylation sites (N-methyl/N-ethyl adjacent to an activating group) is 1. The molecule has 0 unspecified atom stereocenters. The van der Waals surface area contributed by atoms with Gasteiger partial charge in [-0.05, 0) is 27.9 Å². The van der Waals surface area contributed by atoms with Crippen molar-refractivity contribution in [2.75, 3.05) is 40.0 Å². The minimum Gasteiger partial charge on any atom is -0.355 e. The second-order valence-electron chi connectivity index (χ2n) is 4.87. The Morgan fingerprint density at radius 1 is 1.22 bits per heavy atom. The summed E-state index contributed by atoms with van der Waals surface area (Å²) >= 11 is 0. The van der Waals surface area contributed by atoms with Crippen molar-refractivity contribution in [3.63, 3.8) is 0 Å². The average Bonchev–Trinajstić information content (AvgIpc) is 2.14. The maximum Gasteiger partial charge on any atom is 0.221 e. The van der Waals surface area contributed by atoms with Crippen molar-refractivity contribution in [1.29, 1.82) is 0 Å². The van der Waals surface area contributed by atoms with Gasteiger partial charge in [0.2, 0.25) is 15.9 Å². The molecule has 0 atom stereocenters. The molecule has 0 aromatic heterocycles. The fraction of sp³-hybridized carbons (Fsp3) is 0.909. The third kappa shape index (κ3) is 7.62. The van der Waals surface area contributed by atoms with Crippen molar-refractivity contribution in [2.45, 2.75) is 26.3 Å². The maximum absolute atomic E-state index is 11.5. The van der Waals surface area contributed by atoms with Crippen molar-refractivity contribution in [1.82, 2.24) is 14.5 Å². The Morgan fingerprint density at radius 2 is 1.78 bits per heavy atom. The van der Waals surface area contributed by atoms with Crippen LogP contribution in [0, 0.1) is 0 Å². The van der Waals surface area contributed by atoms with Crippen LogP contribution in [0.25, 0.3) is 0 Å². The first-order valence-electron chi connectivity index (χ1n) is 6.03. The molecular formula is C11H25N3O3S. The highest BCUT2D eigenvalue weighted by atomic mass is 32.2. The van der Waals surface area contributed by atoms with E-state index in [2.05, 4.69) is 5.32 Å². The van der Waals surface area contributed by atoms with E-state index < -0.39 is 10.0 Å². The minimum atomic E-state index is -3.25. The molecule has 0 bridgehead atoms. The Bertz CT molecular complexity index is 353. The van der Waals surface area contributed by atoms with E-state index in [1.807, 2.05) is 19.0 Å². The fourth-order valence-corrected chi connectivity index (χ4v) is 2.71. The molecule has 7 heteroatoms. The summed E-state index contributed by atoms with van der Waals surface area (Å²) in [5, 5.41) is 2.76. The summed E-state index contributed by atoms with van der Waals surface area (Å²) in [6.07, 6.45) is 1.36. The summed E-state index contributed by atoms with van der Waals surface area (Å²) < 4.78 is 24.3. The van der Waals surface area contributed by atoms with Crippen LogP contribution in [0.1, 0.15) is 20.3 Å². The highest BCUT2D eigenvalue weighted by Gasteiger charge is 2.20. The van der Waals surface area contributed by atoms with Gasteiger partial charge in [0.05, 0.1) is 6.26 Å². The number of amides is 1. The van der Waals surface area contributed by atoms with Crippen molar-refractivity contribution >= 4 is 15.9 Å². The summed E-state index contributed by atoms with van der Waals surface area (Å²) in [4.78, 5) is 13.5. The largest absolute Gasteiger partial charge is 0.355 e. The standard InChI is InChI=1S/C11H25N3O3S/c1-10(2)14(18(5,16)17)8-6-11(15)12-7-9-13(3)4/h10H,6-9H2,1-5H3,(H,12,15). The average molecular weight is 279 g/mol. The third-order valence-electron chi connectivity index (χ3n) is 2.44. The van der Waals surface area contributed by atoms with Gasteiger partial charge in [-0.25, -0.2) is 8.42 Å². The molecule has 18 heavy (non-hydrogen) atoms. The van der Waals surface area contributed by atoms with Gasteiger partial charge in [-0.3, -0.25) is 4.79 Å². The molecule has 108 valence electrons. The van der Waals surface area contributed by atoms with Crippen LogP contribution in [-0.4, -0.2) is 69.6 Å². The zero-order chi connectivity index (χ0) is 14.3. The summed E-state index contributed by atoms with van der Waals surface area (Å²) in [6, 6.07) is -0.130. The van der Waals surface area contributed by atoms with E-state index in [4.69, 9.17) is 0 Å². The number of carbonyl (C=O) groups is 1. The molecule has 0 aliphatic heterocycles. The normalized spacial score (nSPS) is 12.4. The van der Waals surface area contributed by atoms with Crippen LogP contribution < -0.4 is 5.32 Å². The van der Waals surface area contributed by atoms with Crippen molar-refractivity contribution in [3.05, 3.63) is 0 Å². The molecule has 0 aliphatic rings. The van der Waals surface area contributed by atoms with Crippen LogP contribution in [0.3, 0.4) is 0 Å². The lowest BCUT2D eigenvalue weighted by Crippen LogP contribution is -2.39. The van der Waals surface area contributed by atoms with Crippen LogP contribution in [0.5, 0.6) is 0 Å². The molecule has 1 N–H and O–H groups in total. The molecule has 0 saturated heterocycles. The van der Waals surface area contributed by atoms with Crippen LogP contribution in [0.15, 0.2) is 0 Å². The molecule has 0 aliphatic carbocycles. The maximum atomic E-state index is 11.5. The van der Waals surface area contributed by atoms with Crippen LogP contribution in [0.2, 0.25) is 0 Å². The molecule has 0 heterocycles. The fourth-order valence-electron chi connectivity index (χ4n) is 1.53. The highest BCUT2D eigenvalue weighted by Crippen LogP contribution is 2.05. The van der Waals surface area contributed by atoms with Crippen molar-refractivity contribution < 1.29 is 13.2 Å². The molecule has 0 radical (unpaired) electrons. The van der Waals surface area contributed by atoms with E-state index in [0.29, 0.717) is 6.54 Å². The van der Waals surface area contributed by atoms with Gasteiger partial charge in [0, 0.05) is 32.1 Å². The minimum absolute atomic E-state index is 0.119. The number of hydrogen-bond donors (Lipinski definition) is 1. The second kappa shape index (κ2) is 7.70. The first kappa shape index (κ1) is 17.3. The van der Waals surface area contributed by atoms with Crippen molar-refractivity contribution in [3.8, 4) is 0 Å². The first-order chi connectivity index (χ1) is 8.14. The van der Waals surface area contributed by atoms with Crippen LogP contribution in [-0.2, 0) is 14.8 Å². The van der Waals surface area contributed by atoms with Gasteiger partial charge in [-0.1, -0.05) is 0 Å². The van der Waals surface area contributed by atoms with Gasteiger partial charge in [0.15, 0.2) is 0 Å². The molecule has 0 aromatic carbocycles. The molecule has 1 amide bonds. The Hall–Kier alpha value is -0.660.